The lowest BCUT2D eigenvalue weighted by molar-refractivity contribution is -0.378. The highest BCUT2D eigenvalue weighted by Gasteiger charge is 2.67. The second-order valence-corrected chi connectivity index (χ2v) is 30.5. The maximum Gasteiger partial charge on any atom is 0.367 e. The Labute approximate surface area is 575 Å². The largest absolute Gasteiger partial charge is 0.465 e. The van der Waals surface area contributed by atoms with Gasteiger partial charge in [0.2, 0.25) is 11.8 Å². The lowest BCUT2D eigenvalue weighted by atomic mass is 9.86. The molecule has 544 valence electrons. The zero-order valence-corrected chi connectivity index (χ0v) is 58.0. The van der Waals surface area contributed by atoms with Crippen LogP contribution in [0.25, 0.3) is 0 Å². The van der Waals surface area contributed by atoms with Gasteiger partial charge in [-0.25, -0.2) is 24.0 Å². The summed E-state index contributed by atoms with van der Waals surface area (Å²) in [5.41, 5.74) is -0.0460. The number of hydrogen-bond donors (Lipinski definition) is 2. The Balaban J connectivity index is 1.46. The number of ether oxygens (including phenoxy) is 17. The predicted octanol–water partition coefficient (Wildman–Crippen LogP) is 3.08. The summed E-state index contributed by atoms with van der Waals surface area (Å²) in [6.45, 7) is 11.1. The smallest absolute Gasteiger partial charge is 0.367 e. The molecule has 4 saturated heterocycles. The van der Waals surface area contributed by atoms with Crippen LogP contribution in [0.3, 0.4) is 0 Å². The summed E-state index contributed by atoms with van der Waals surface area (Å²) in [6.07, 6.45) is -27.7. The molecule has 2 N–H and O–H groups in total. The van der Waals surface area contributed by atoms with Crippen molar-refractivity contribution in [3.05, 3.63) is 108 Å². The highest BCUT2D eigenvalue weighted by Crippen LogP contribution is 2.45. The summed E-state index contributed by atoms with van der Waals surface area (Å²) >= 11 is 0. The van der Waals surface area contributed by atoms with Crippen molar-refractivity contribution in [2.45, 2.75) is 197 Å². The van der Waals surface area contributed by atoms with Gasteiger partial charge in [-0.2, -0.15) is 0 Å². The number of carbonyl (C=O) groups excluding carboxylic acids is 13. The van der Waals surface area contributed by atoms with Crippen molar-refractivity contribution in [3.8, 4) is 0 Å². The van der Waals surface area contributed by atoms with Crippen molar-refractivity contribution >= 4 is 85.6 Å². The van der Waals surface area contributed by atoms with E-state index in [0.717, 1.165) is 62.5 Å². The van der Waals surface area contributed by atoms with Crippen molar-refractivity contribution in [3.63, 3.8) is 0 Å². The molecule has 1 spiro atoms. The van der Waals surface area contributed by atoms with Gasteiger partial charge in [0.25, 0.3) is 11.6 Å². The molecule has 0 unspecified atom stereocenters. The molecule has 32 nitrogen and oxygen atoms in total. The SMILES string of the molecule is COC(=O)[C@@]1(O[C@H]2[C@@H](OC(=O)c3ccccc3)[C@@H](COC(=O)c3ccccc3)O[C@H](OCC[Si](C)(C)C)[C@@H]2OC(=O)c2ccccc2)C[C@H](OC(C)=O)[C@@H](NC(C)=O)[C@H]([C@H](OC(C)=O)[C@H]2COC(=O)[C@]3(C[C@H](OC(C)=O)[C@@H](NC(C)=O)[C@H]([C@H](OC(C)=O)[C@@H](COC(C)=O)OC(C)=O)O3)O2)O1. The van der Waals surface area contributed by atoms with Crippen LogP contribution >= 0.6 is 0 Å². The fourth-order valence-corrected chi connectivity index (χ4v) is 12.3. The molecule has 0 radical (unpaired) electrons. The zero-order chi connectivity index (χ0) is 73.4. The van der Waals surface area contributed by atoms with Crippen LogP contribution in [0.15, 0.2) is 91.0 Å². The number of benzene rings is 3. The number of esters is 11. The first-order valence-electron chi connectivity index (χ1n) is 31.7. The van der Waals surface area contributed by atoms with E-state index in [1.807, 2.05) is 19.6 Å². The van der Waals surface area contributed by atoms with Gasteiger partial charge in [0.05, 0.1) is 48.7 Å². The maximum absolute atomic E-state index is 15.5. The van der Waals surface area contributed by atoms with Gasteiger partial charge in [0.15, 0.2) is 36.8 Å². The van der Waals surface area contributed by atoms with Crippen molar-refractivity contribution in [1.29, 1.82) is 0 Å². The zero-order valence-electron chi connectivity index (χ0n) is 57.0. The lowest BCUT2D eigenvalue weighted by Gasteiger charge is -2.53. The van der Waals surface area contributed by atoms with Gasteiger partial charge in [-0.1, -0.05) is 74.2 Å². The quantitative estimate of drug-likeness (QED) is 0.0629. The first-order valence-corrected chi connectivity index (χ1v) is 35.4. The monoisotopic (exact) mass is 1420 g/mol. The van der Waals surface area contributed by atoms with Crippen molar-refractivity contribution in [2.24, 2.45) is 0 Å². The molecule has 17 atom stereocenters. The third-order valence-corrected chi connectivity index (χ3v) is 17.4. The second kappa shape index (κ2) is 34.7. The summed E-state index contributed by atoms with van der Waals surface area (Å²) in [6, 6.07) is 19.6. The molecule has 0 aliphatic carbocycles. The van der Waals surface area contributed by atoms with E-state index in [-0.39, 0.29) is 23.3 Å². The maximum atomic E-state index is 15.5. The van der Waals surface area contributed by atoms with Crippen molar-refractivity contribution in [1.82, 2.24) is 10.6 Å². The highest BCUT2D eigenvalue weighted by atomic mass is 28.3. The summed E-state index contributed by atoms with van der Waals surface area (Å²) < 4.78 is 104. The van der Waals surface area contributed by atoms with E-state index in [0.29, 0.717) is 6.04 Å². The van der Waals surface area contributed by atoms with Gasteiger partial charge < -0.3 is 91.2 Å². The Bertz CT molecular complexity index is 3450. The Morgan fingerprint density at radius 2 is 1.07 bits per heavy atom. The number of methoxy groups -OCH3 is 1. The van der Waals surface area contributed by atoms with Crippen LogP contribution < -0.4 is 10.6 Å². The minimum atomic E-state index is -3.19. The summed E-state index contributed by atoms with van der Waals surface area (Å²) in [5, 5.41) is 5.15. The molecular weight excluding hydrogens is 1340 g/mol. The van der Waals surface area contributed by atoms with Crippen LogP contribution in [0.1, 0.15) is 99.3 Å². The average Bonchev–Trinajstić information content (AvgIpc) is 0.735. The Morgan fingerprint density at radius 3 is 1.56 bits per heavy atom. The van der Waals surface area contributed by atoms with Gasteiger partial charge in [0, 0.05) is 70.1 Å². The van der Waals surface area contributed by atoms with Crippen molar-refractivity contribution < 1.29 is 143 Å². The van der Waals surface area contributed by atoms with Crippen LogP contribution in [-0.2, 0) is 128 Å². The fourth-order valence-electron chi connectivity index (χ4n) is 11.6. The first kappa shape index (κ1) is 78.1. The molecule has 33 heteroatoms. The number of amides is 2. The highest BCUT2D eigenvalue weighted by molar-refractivity contribution is 6.76. The molecule has 2 amide bonds. The molecule has 0 aromatic heterocycles. The summed E-state index contributed by atoms with van der Waals surface area (Å²) in [5.74, 6) is -20.2. The number of carbonyl (C=O) groups is 13. The average molecular weight is 1420 g/mol. The number of nitrogens with one attached hydrogen (secondary N) is 2. The Kier molecular flexibility index (Phi) is 27.1. The number of rotatable bonds is 27. The van der Waals surface area contributed by atoms with Crippen LogP contribution in [0.5, 0.6) is 0 Å². The molecule has 0 bridgehead atoms. The Morgan fingerprint density at radius 1 is 0.560 bits per heavy atom. The third-order valence-electron chi connectivity index (χ3n) is 15.7. The molecule has 0 saturated carbocycles. The minimum absolute atomic E-state index is 0.0510. The van der Waals surface area contributed by atoms with Gasteiger partial charge in [-0.05, 0) is 42.4 Å². The molecular formula is C67H82N2O30Si. The minimum Gasteiger partial charge on any atom is -0.465 e. The topological polar surface area (TPSA) is 403 Å². The molecule has 7 rings (SSSR count). The number of cyclic esters (lactones) is 1. The predicted molar refractivity (Wildman–Crippen MR) is 338 cm³/mol. The fraction of sp³-hybridized carbons (Fsp3) is 0.537. The van der Waals surface area contributed by atoms with E-state index < -0.39 is 221 Å². The van der Waals surface area contributed by atoms with E-state index in [4.69, 9.17) is 80.5 Å². The molecule has 3 aromatic carbocycles. The van der Waals surface area contributed by atoms with E-state index in [2.05, 4.69) is 10.6 Å². The summed E-state index contributed by atoms with van der Waals surface area (Å²) in [7, 11) is -1.14. The van der Waals surface area contributed by atoms with Crippen LogP contribution in [0.2, 0.25) is 25.7 Å². The first-order chi connectivity index (χ1) is 47.2. The van der Waals surface area contributed by atoms with E-state index in [9.17, 15) is 57.5 Å². The summed E-state index contributed by atoms with van der Waals surface area (Å²) in [4.78, 5) is 179. The molecule has 100 heavy (non-hydrogen) atoms. The second-order valence-electron chi connectivity index (χ2n) is 24.9. The Hall–Kier alpha value is -9.25. The lowest BCUT2D eigenvalue weighted by Crippen LogP contribution is -2.74. The molecule has 4 fully saturated rings. The van der Waals surface area contributed by atoms with Gasteiger partial charge in [-0.15, -0.1) is 0 Å². The van der Waals surface area contributed by atoms with E-state index >= 15 is 4.79 Å². The van der Waals surface area contributed by atoms with Gasteiger partial charge in [0.1, 0.15) is 62.5 Å². The van der Waals surface area contributed by atoms with Crippen LogP contribution in [0.4, 0.5) is 0 Å². The molecule has 4 aliphatic rings. The molecule has 4 heterocycles. The van der Waals surface area contributed by atoms with Gasteiger partial charge in [-0.3, -0.25) is 38.4 Å². The van der Waals surface area contributed by atoms with Gasteiger partial charge >= 0.3 is 65.7 Å². The van der Waals surface area contributed by atoms with E-state index in [1.54, 1.807) is 30.3 Å². The van der Waals surface area contributed by atoms with Crippen molar-refractivity contribution in [2.75, 3.05) is 33.5 Å². The van der Waals surface area contributed by atoms with Crippen LogP contribution in [-0.4, -0.2) is 222 Å². The molecule has 3 aromatic rings. The van der Waals surface area contributed by atoms with E-state index in [1.165, 1.54) is 60.7 Å². The number of hydrogen-bond acceptors (Lipinski definition) is 30. The molecule has 4 aliphatic heterocycles. The standard InChI is InChI=1S/C67H82N2O30Si/c1-35(70)68-51-47(89-39(5)74)31-67(98-56(51)53(91-41(7)76)48(90-40(6)75)32-85-37(3)72)65(82)87-34-50(96-67)55(92-42(8)77)57-52(69-36(2)71)46(88-38(4)73)30-66(97-57,64(81)83-9)99-58-54(94-61(79)44-24-18-14-19-25-44)49(33-86-60(78)43-22-16-13-17-23-43)93-63(84-28-29-100(10,11)12)59(58)95-62(80)45-26-20-15-21-27-45/h13-27,46-59,63H,28-34H2,1-12H3,(H,68,70)(H,69,71)/t46-,47-,48+,49+,50+,51+,52+,53+,54-,55+,56+,57+,58-,59+,63-,66-,67+/m0/s1. The normalized spacial score (nSPS) is 27.3. The third kappa shape index (κ3) is 20.9. The van der Waals surface area contributed by atoms with Crippen LogP contribution in [0, 0.1) is 0 Å².